The SMILES string of the molecule is Cc1csc(NC(=O)CN2C(=O)C(C)(C)c3cc(S(=O)(=O)N4CCOCC4)ccc32)n1. The van der Waals surface area contributed by atoms with E-state index in [1.807, 2.05) is 12.3 Å². The largest absolute Gasteiger partial charge is 0.379 e. The van der Waals surface area contributed by atoms with Crippen LogP contribution in [0.25, 0.3) is 0 Å². The molecular weight excluding hydrogens is 440 g/mol. The van der Waals surface area contributed by atoms with Gasteiger partial charge in [0.1, 0.15) is 6.54 Å². The van der Waals surface area contributed by atoms with Crippen LogP contribution in [0.4, 0.5) is 10.8 Å². The van der Waals surface area contributed by atoms with Crippen LogP contribution in [0.1, 0.15) is 25.1 Å². The first-order chi connectivity index (χ1) is 14.6. The minimum Gasteiger partial charge on any atom is -0.379 e. The molecule has 2 aliphatic heterocycles. The number of benzene rings is 1. The smallest absolute Gasteiger partial charge is 0.246 e. The predicted octanol–water partition coefficient (Wildman–Crippen LogP) is 1.74. The van der Waals surface area contributed by atoms with E-state index in [1.165, 1.54) is 26.6 Å². The van der Waals surface area contributed by atoms with Gasteiger partial charge in [-0.25, -0.2) is 13.4 Å². The minimum atomic E-state index is -3.69. The molecule has 1 aromatic carbocycles. The van der Waals surface area contributed by atoms with Gasteiger partial charge in [0.2, 0.25) is 21.8 Å². The van der Waals surface area contributed by atoms with Gasteiger partial charge in [0, 0.05) is 24.2 Å². The standard InChI is InChI=1S/C20H24N4O5S2/c1-13-12-30-19(21-13)22-17(25)11-24-16-5-4-14(10-15(16)20(2,3)18(24)26)31(27,28)23-6-8-29-9-7-23/h4-5,10,12H,6-9,11H2,1-3H3,(H,21,22,25). The first-order valence-electron chi connectivity index (χ1n) is 9.87. The van der Waals surface area contributed by atoms with Crippen LogP contribution in [0.15, 0.2) is 28.5 Å². The average molecular weight is 465 g/mol. The molecule has 11 heteroatoms. The second-order valence-electron chi connectivity index (χ2n) is 8.05. The van der Waals surface area contributed by atoms with Gasteiger partial charge in [-0.2, -0.15) is 4.31 Å². The quantitative estimate of drug-likeness (QED) is 0.722. The topological polar surface area (TPSA) is 109 Å². The Morgan fingerprint density at radius 2 is 2.00 bits per heavy atom. The van der Waals surface area contributed by atoms with Crippen LogP contribution in [-0.2, 0) is 29.8 Å². The van der Waals surface area contributed by atoms with Crippen LogP contribution in [-0.4, -0.2) is 62.4 Å². The number of morpholine rings is 1. The third kappa shape index (κ3) is 3.98. The Labute approximate surface area is 185 Å². The maximum absolute atomic E-state index is 13.1. The summed E-state index contributed by atoms with van der Waals surface area (Å²) in [6.45, 7) is 6.43. The van der Waals surface area contributed by atoms with Crippen molar-refractivity contribution in [2.45, 2.75) is 31.1 Å². The van der Waals surface area contributed by atoms with Gasteiger partial charge in [-0.15, -0.1) is 11.3 Å². The second kappa shape index (κ2) is 7.97. The number of carbonyl (C=O) groups is 2. The molecule has 0 aliphatic carbocycles. The number of amides is 2. The van der Waals surface area contributed by atoms with Gasteiger partial charge in [-0.05, 0) is 44.5 Å². The van der Waals surface area contributed by atoms with Crippen molar-refractivity contribution < 1.29 is 22.7 Å². The van der Waals surface area contributed by atoms with E-state index in [0.29, 0.717) is 42.7 Å². The molecule has 0 bridgehead atoms. The third-order valence-electron chi connectivity index (χ3n) is 5.49. The zero-order valence-electron chi connectivity index (χ0n) is 17.5. The van der Waals surface area contributed by atoms with Crippen molar-refractivity contribution in [3.8, 4) is 0 Å². The predicted molar refractivity (Wildman–Crippen MR) is 117 cm³/mol. The number of aryl methyl sites for hydroxylation is 1. The van der Waals surface area contributed by atoms with Crippen LogP contribution in [0.2, 0.25) is 0 Å². The fraction of sp³-hybridized carbons (Fsp3) is 0.450. The summed E-state index contributed by atoms with van der Waals surface area (Å²) < 4.78 is 32.7. The van der Waals surface area contributed by atoms with E-state index >= 15 is 0 Å². The number of hydrogen-bond donors (Lipinski definition) is 1. The summed E-state index contributed by atoms with van der Waals surface area (Å²) in [5.41, 5.74) is 0.980. The molecule has 1 fully saturated rings. The lowest BCUT2D eigenvalue weighted by molar-refractivity contribution is -0.124. The maximum atomic E-state index is 13.1. The van der Waals surface area contributed by atoms with E-state index < -0.39 is 15.4 Å². The van der Waals surface area contributed by atoms with E-state index in [2.05, 4.69) is 10.3 Å². The molecule has 0 saturated carbocycles. The number of ether oxygens (including phenoxy) is 1. The van der Waals surface area contributed by atoms with Gasteiger partial charge < -0.3 is 15.0 Å². The van der Waals surface area contributed by atoms with Crippen molar-refractivity contribution in [2.24, 2.45) is 0 Å². The average Bonchev–Trinajstić information content (AvgIpc) is 3.22. The first kappa shape index (κ1) is 21.9. The van der Waals surface area contributed by atoms with Crippen LogP contribution < -0.4 is 10.2 Å². The maximum Gasteiger partial charge on any atom is 0.246 e. The number of rotatable bonds is 5. The van der Waals surface area contributed by atoms with Crippen molar-refractivity contribution in [3.63, 3.8) is 0 Å². The molecule has 3 heterocycles. The molecule has 0 atom stereocenters. The first-order valence-corrected chi connectivity index (χ1v) is 12.2. The number of fused-ring (bicyclic) bond motifs is 1. The van der Waals surface area contributed by atoms with Crippen molar-refractivity contribution in [3.05, 3.63) is 34.8 Å². The van der Waals surface area contributed by atoms with Gasteiger partial charge in [0.25, 0.3) is 0 Å². The lowest BCUT2D eigenvalue weighted by Gasteiger charge is -2.26. The summed E-state index contributed by atoms with van der Waals surface area (Å²) in [5.74, 6) is -0.620. The second-order valence-corrected chi connectivity index (χ2v) is 10.8. The summed E-state index contributed by atoms with van der Waals surface area (Å²) in [4.78, 5) is 31.4. The molecular formula is C20H24N4O5S2. The highest BCUT2D eigenvalue weighted by molar-refractivity contribution is 7.89. The van der Waals surface area contributed by atoms with Crippen LogP contribution in [0.5, 0.6) is 0 Å². The Morgan fingerprint density at radius 1 is 1.29 bits per heavy atom. The van der Waals surface area contributed by atoms with Gasteiger partial charge in [-0.3, -0.25) is 9.59 Å². The highest BCUT2D eigenvalue weighted by Crippen LogP contribution is 2.42. The van der Waals surface area contributed by atoms with E-state index in [0.717, 1.165) is 5.69 Å². The van der Waals surface area contributed by atoms with Gasteiger partial charge in [-0.1, -0.05) is 0 Å². The molecule has 31 heavy (non-hydrogen) atoms. The molecule has 2 amide bonds. The molecule has 9 nitrogen and oxygen atoms in total. The highest BCUT2D eigenvalue weighted by Gasteiger charge is 2.45. The Morgan fingerprint density at radius 3 is 2.65 bits per heavy atom. The highest BCUT2D eigenvalue weighted by atomic mass is 32.2. The summed E-state index contributed by atoms with van der Waals surface area (Å²) in [6.07, 6.45) is 0. The van der Waals surface area contributed by atoms with Crippen molar-refractivity contribution in [1.29, 1.82) is 0 Å². The summed E-state index contributed by atoms with van der Waals surface area (Å²) in [6, 6.07) is 4.66. The number of hydrogen-bond acceptors (Lipinski definition) is 7. The lowest BCUT2D eigenvalue weighted by Crippen LogP contribution is -2.41. The number of nitrogens with one attached hydrogen (secondary N) is 1. The molecule has 1 aromatic heterocycles. The molecule has 0 spiro atoms. The number of sulfonamides is 1. The normalized spacial score (nSPS) is 18.8. The Balaban J connectivity index is 1.61. The lowest BCUT2D eigenvalue weighted by atomic mass is 9.86. The molecule has 0 unspecified atom stereocenters. The van der Waals surface area contributed by atoms with Crippen LogP contribution in [0, 0.1) is 6.92 Å². The van der Waals surface area contributed by atoms with Gasteiger partial charge in [0.15, 0.2) is 5.13 Å². The Bertz CT molecular complexity index is 1140. The van der Waals surface area contributed by atoms with E-state index in [9.17, 15) is 18.0 Å². The summed E-state index contributed by atoms with van der Waals surface area (Å²) >= 11 is 1.31. The monoisotopic (exact) mass is 464 g/mol. The number of nitrogens with zero attached hydrogens (tertiary/aromatic N) is 3. The van der Waals surface area contributed by atoms with Crippen molar-refractivity contribution in [1.82, 2.24) is 9.29 Å². The van der Waals surface area contributed by atoms with Crippen LogP contribution >= 0.6 is 11.3 Å². The molecule has 2 aliphatic rings. The number of carbonyl (C=O) groups excluding carboxylic acids is 2. The number of thiazole rings is 1. The fourth-order valence-corrected chi connectivity index (χ4v) is 5.92. The third-order valence-corrected chi connectivity index (χ3v) is 8.26. The van der Waals surface area contributed by atoms with Crippen LogP contribution in [0.3, 0.4) is 0 Å². The van der Waals surface area contributed by atoms with Gasteiger partial charge >= 0.3 is 0 Å². The van der Waals surface area contributed by atoms with Crippen molar-refractivity contribution in [2.75, 3.05) is 43.1 Å². The molecule has 1 N–H and O–H groups in total. The van der Waals surface area contributed by atoms with Crippen molar-refractivity contribution >= 4 is 44.0 Å². The number of aromatic nitrogens is 1. The van der Waals surface area contributed by atoms with E-state index in [1.54, 1.807) is 26.0 Å². The minimum absolute atomic E-state index is 0.138. The fourth-order valence-electron chi connectivity index (χ4n) is 3.78. The molecule has 0 radical (unpaired) electrons. The summed E-state index contributed by atoms with van der Waals surface area (Å²) in [7, 11) is -3.69. The zero-order chi connectivity index (χ0) is 22.4. The summed E-state index contributed by atoms with van der Waals surface area (Å²) in [5, 5.41) is 5.00. The molecule has 2 aromatic rings. The van der Waals surface area contributed by atoms with Gasteiger partial charge in [0.05, 0.1) is 29.2 Å². The number of anilines is 2. The Hall–Kier alpha value is -2.34. The molecule has 166 valence electrons. The zero-order valence-corrected chi connectivity index (χ0v) is 19.2. The van der Waals surface area contributed by atoms with E-state index in [4.69, 9.17) is 4.74 Å². The molecule has 1 saturated heterocycles. The Kier molecular flexibility index (Phi) is 5.63. The van der Waals surface area contributed by atoms with E-state index in [-0.39, 0.29) is 23.3 Å². The molecule has 4 rings (SSSR count).